The number of benzene rings is 1. The quantitative estimate of drug-likeness (QED) is 0.491. The predicted octanol–water partition coefficient (Wildman–Crippen LogP) is 5.53. The first-order chi connectivity index (χ1) is 14.0. The number of rotatable bonds is 8. The van der Waals surface area contributed by atoms with E-state index < -0.39 is 5.97 Å². The third-order valence-corrected chi connectivity index (χ3v) is 5.13. The number of carbonyl (C=O) groups is 2. The summed E-state index contributed by atoms with van der Waals surface area (Å²) in [5.74, 6) is 0.475. The monoisotopic (exact) mass is 413 g/mol. The Bertz CT molecular complexity index is 987. The van der Waals surface area contributed by atoms with Gasteiger partial charge in [0.25, 0.3) is 5.91 Å². The first kappa shape index (κ1) is 20.7. The molecule has 6 nitrogen and oxygen atoms in total. The molecule has 0 saturated heterocycles. The number of nitrogens with one attached hydrogen (secondary N) is 1. The van der Waals surface area contributed by atoms with Crippen molar-refractivity contribution in [3.05, 3.63) is 58.9 Å². The highest BCUT2D eigenvalue weighted by Gasteiger charge is 2.24. The molecule has 0 aliphatic rings. The van der Waals surface area contributed by atoms with Crippen molar-refractivity contribution in [2.45, 2.75) is 27.2 Å². The average Bonchev–Trinajstić information content (AvgIpc) is 3.33. The van der Waals surface area contributed by atoms with Crippen LogP contribution in [0.15, 0.2) is 46.4 Å². The number of thiophene rings is 1. The number of anilines is 1. The minimum atomic E-state index is -0.462. The summed E-state index contributed by atoms with van der Waals surface area (Å²) in [4.78, 5) is 25.4. The van der Waals surface area contributed by atoms with Gasteiger partial charge in [-0.05, 0) is 44.0 Å². The number of aryl methyl sites for hydroxylation is 1. The molecule has 0 fully saturated rings. The zero-order valence-corrected chi connectivity index (χ0v) is 17.4. The second kappa shape index (κ2) is 9.43. The SMILES string of the molecule is CCCOC(=O)c1c(-c2ccc(OCC)cc2)csc1NC(=O)c1ccoc1C. The number of esters is 1. The Labute approximate surface area is 173 Å². The first-order valence-corrected chi connectivity index (χ1v) is 10.3. The van der Waals surface area contributed by atoms with Crippen molar-refractivity contribution in [2.75, 3.05) is 18.5 Å². The predicted molar refractivity (Wildman–Crippen MR) is 113 cm³/mol. The maximum Gasteiger partial charge on any atom is 0.341 e. The van der Waals surface area contributed by atoms with Crippen LogP contribution in [0.3, 0.4) is 0 Å². The third-order valence-electron chi connectivity index (χ3n) is 4.24. The van der Waals surface area contributed by atoms with Gasteiger partial charge in [0.2, 0.25) is 0 Å². The highest BCUT2D eigenvalue weighted by molar-refractivity contribution is 7.15. The van der Waals surface area contributed by atoms with Gasteiger partial charge in [-0.15, -0.1) is 11.3 Å². The van der Waals surface area contributed by atoms with Gasteiger partial charge in [-0.25, -0.2) is 4.79 Å². The van der Waals surface area contributed by atoms with Gasteiger partial charge in [-0.1, -0.05) is 19.1 Å². The fourth-order valence-corrected chi connectivity index (χ4v) is 3.77. The molecule has 1 N–H and O–H groups in total. The van der Waals surface area contributed by atoms with E-state index in [0.29, 0.717) is 47.1 Å². The summed E-state index contributed by atoms with van der Waals surface area (Å²) in [6, 6.07) is 9.07. The summed E-state index contributed by atoms with van der Waals surface area (Å²) >= 11 is 1.28. The molecule has 0 radical (unpaired) electrons. The lowest BCUT2D eigenvalue weighted by Crippen LogP contribution is -2.15. The molecule has 152 valence electrons. The Morgan fingerprint density at radius 3 is 2.52 bits per heavy atom. The van der Waals surface area contributed by atoms with Gasteiger partial charge >= 0.3 is 5.97 Å². The second-order valence-corrected chi connectivity index (χ2v) is 7.17. The van der Waals surface area contributed by atoms with Crippen molar-refractivity contribution in [3.8, 4) is 16.9 Å². The molecule has 2 heterocycles. The van der Waals surface area contributed by atoms with Crippen LogP contribution in [0.2, 0.25) is 0 Å². The van der Waals surface area contributed by atoms with E-state index in [1.54, 1.807) is 13.0 Å². The van der Waals surface area contributed by atoms with Gasteiger partial charge in [0.15, 0.2) is 0 Å². The van der Waals surface area contributed by atoms with Crippen molar-refractivity contribution in [1.29, 1.82) is 0 Å². The standard InChI is InChI=1S/C22H23NO5S/c1-4-11-28-22(25)19-18(15-6-8-16(9-7-15)26-5-2)13-29-21(19)23-20(24)17-10-12-27-14(17)3/h6-10,12-13H,4-5,11H2,1-3H3,(H,23,24). The second-order valence-electron chi connectivity index (χ2n) is 6.29. The van der Waals surface area contributed by atoms with Crippen molar-refractivity contribution >= 4 is 28.2 Å². The Hall–Kier alpha value is -3.06. The highest BCUT2D eigenvalue weighted by atomic mass is 32.1. The molecule has 1 amide bonds. The van der Waals surface area contributed by atoms with E-state index in [9.17, 15) is 9.59 Å². The van der Waals surface area contributed by atoms with Crippen LogP contribution in [0.25, 0.3) is 11.1 Å². The zero-order chi connectivity index (χ0) is 20.8. The fourth-order valence-electron chi connectivity index (χ4n) is 2.82. The molecular formula is C22H23NO5S. The lowest BCUT2D eigenvalue weighted by Gasteiger charge is -2.10. The lowest BCUT2D eigenvalue weighted by atomic mass is 10.0. The Balaban J connectivity index is 1.95. The van der Waals surface area contributed by atoms with E-state index >= 15 is 0 Å². The molecular weight excluding hydrogens is 390 g/mol. The summed E-state index contributed by atoms with van der Waals surface area (Å²) in [6.07, 6.45) is 2.17. The van der Waals surface area contributed by atoms with Gasteiger partial charge in [0.1, 0.15) is 22.1 Å². The lowest BCUT2D eigenvalue weighted by molar-refractivity contribution is 0.0507. The molecule has 0 spiro atoms. The molecule has 0 saturated carbocycles. The van der Waals surface area contributed by atoms with E-state index in [-0.39, 0.29) is 5.91 Å². The van der Waals surface area contributed by atoms with Crippen LogP contribution in [0.4, 0.5) is 5.00 Å². The van der Waals surface area contributed by atoms with Gasteiger partial charge < -0.3 is 19.2 Å². The normalized spacial score (nSPS) is 10.6. The Morgan fingerprint density at radius 1 is 1.14 bits per heavy atom. The van der Waals surface area contributed by atoms with Gasteiger partial charge in [-0.2, -0.15) is 0 Å². The molecule has 2 aromatic heterocycles. The van der Waals surface area contributed by atoms with E-state index in [0.717, 1.165) is 11.3 Å². The largest absolute Gasteiger partial charge is 0.494 e. The van der Waals surface area contributed by atoms with Crippen LogP contribution in [-0.4, -0.2) is 25.1 Å². The van der Waals surface area contributed by atoms with Crippen LogP contribution < -0.4 is 10.1 Å². The minimum absolute atomic E-state index is 0.311. The molecule has 0 bridgehead atoms. The number of ether oxygens (including phenoxy) is 2. The van der Waals surface area contributed by atoms with Crippen molar-refractivity contribution < 1.29 is 23.5 Å². The number of furan rings is 1. The maximum atomic E-state index is 12.8. The molecule has 1 aromatic carbocycles. The molecule has 3 rings (SSSR count). The van der Waals surface area contributed by atoms with Crippen molar-refractivity contribution in [2.24, 2.45) is 0 Å². The van der Waals surface area contributed by atoms with E-state index in [1.807, 2.05) is 43.5 Å². The third kappa shape index (κ3) is 4.68. The van der Waals surface area contributed by atoms with Gasteiger partial charge in [0.05, 0.1) is 25.0 Å². The molecule has 0 atom stereocenters. The maximum absolute atomic E-state index is 12.8. The zero-order valence-electron chi connectivity index (χ0n) is 16.6. The number of carbonyl (C=O) groups excluding carboxylic acids is 2. The van der Waals surface area contributed by atoms with Crippen molar-refractivity contribution in [1.82, 2.24) is 0 Å². The number of hydrogen-bond donors (Lipinski definition) is 1. The van der Waals surface area contributed by atoms with E-state index in [1.165, 1.54) is 17.6 Å². The van der Waals surface area contributed by atoms with Gasteiger partial charge in [0, 0.05) is 10.9 Å². The minimum Gasteiger partial charge on any atom is -0.494 e. The summed E-state index contributed by atoms with van der Waals surface area (Å²) < 4.78 is 16.1. The summed E-state index contributed by atoms with van der Waals surface area (Å²) in [5, 5.41) is 5.12. The van der Waals surface area contributed by atoms with Crippen LogP contribution in [0.1, 0.15) is 46.7 Å². The molecule has 7 heteroatoms. The summed E-state index contributed by atoms with van der Waals surface area (Å²) in [7, 11) is 0. The molecule has 29 heavy (non-hydrogen) atoms. The fraction of sp³-hybridized carbons (Fsp3) is 0.273. The smallest absolute Gasteiger partial charge is 0.341 e. The Kier molecular flexibility index (Phi) is 6.72. The molecule has 0 aliphatic carbocycles. The average molecular weight is 413 g/mol. The topological polar surface area (TPSA) is 77.8 Å². The number of amides is 1. The van der Waals surface area contributed by atoms with Crippen LogP contribution in [-0.2, 0) is 4.74 Å². The van der Waals surface area contributed by atoms with Crippen LogP contribution in [0.5, 0.6) is 5.75 Å². The van der Waals surface area contributed by atoms with E-state index in [4.69, 9.17) is 13.9 Å². The first-order valence-electron chi connectivity index (χ1n) is 9.42. The van der Waals surface area contributed by atoms with Crippen LogP contribution >= 0.6 is 11.3 Å². The van der Waals surface area contributed by atoms with E-state index in [2.05, 4.69) is 5.32 Å². The molecule has 0 aliphatic heterocycles. The summed E-state index contributed by atoms with van der Waals surface area (Å²) in [5.41, 5.74) is 2.32. The summed E-state index contributed by atoms with van der Waals surface area (Å²) in [6.45, 7) is 6.46. The van der Waals surface area contributed by atoms with Crippen LogP contribution in [0, 0.1) is 6.92 Å². The highest BCUT2D eigenvalue weighted by Crippen LogP contribution is 2.37. The Morgan fingerprint density at radius 2 is 1.90 bits per heavy atom. The van der Waals surface area contributed by atoms with Crippen molar-refractivity contribution in [3.63, 3.8) is 0 Å². The number of hydrogen-bond acceptors (Lipinski definition) is 6. The van der Waals surface area contributed by atoms with Gasteiger partial charge in [-0.3, -0.25) is 4.79 Å². The molecule has 3 aromatic rings. The molecule has 0 unspecified atom stereocenters.